The molecule has 0 spiro atoms. The van der Waals surface area contributed by atoms with Gasteiger partial charge in [0, 0.05) is 10.8 Å². The van der Waals surface area contributed by atoms with Gasteiger partial charge in [0.2, 0.25) is 0 Å². The van der Waals surface area contributed by atoms with E-state index < -0.39 is 0 Å². The molecule has 0 bridgehead atoms. The summed E-state index contributed by atoms with van der Waals surface area (Å²) in [7, 11) is 0. The first-order valence-corrected chi connectivity index (χ1v) is 4.84. The molecule has 82 valence electrons. The third-order valence-corrected chi connectivity index (χ3v) is 2.51. The van der Waals surface area contributed by atoms with E-state index >= 15 is 0 Å². The van der Waals surface area contributed by atoms with Crippen LogP contribution < -0.4 is 22.9 Å². The number of thiol groups is 1. The van der Waals surface area contributed by atoms with Crippen molar-refractivity contribution in [2.45, 2.75) is 12.2 Å². The van der Waals surface area contributed by atoms with Crippen molar-refractivity contribution < 1.29 is 0 Å². The monoisotopic (exact) mass is 225 g/mol. The molecule has 0 aliphatic carbocycles. The number of nitrogen functional groups attached to an aromatic ring is 4. The maximum absolute atomic E-state index is 5.87. The van der Waals surface area contributed by atoms with Gasteiger partial charge in [-0.1, -0.05) is 0 Å². The highest BCUT2D eigenvalue weighted by molar-refractivity contribution is 7.80. The maximum Gasteiger partial charge on any atom is 0.111 e. The molecule has 0 aliphatic rings. The van der Waals surface area contributed by atoms with Crippen molar-refractivity contribution in [3.8, 4) is 0 Å². The Morgan fingerprint density at radius 1 is 1.07 bits per heavy atom. The Labute approximate surface area is 93.9 Å². The minimum absolute atomic E-state index is 0.145. The number of benzene rings is 1. The van der Waals surface area contributed by atoms with E-state index in [2.05, 4.69) is 24.3 Å². The summed E-state index contributed by atoms with van der Waals surface area (Å²) >= 11 is 4.28. The number of hydrogen-bond acceptors (Lipinski definition) is 6. The summed E-state index contributed by atoms with van der Waals surface area (Å²) in [5, 5.41) is -0.145. The Balaban J connectivity index is 3.68. The van der Waals surface area contributed by atoms with Crippen LogP contribution in [0, 0.1) is 0 Å². The highest BCUT2D eigenvalue weighted by Crippen LogP contribution is 2.45. The third kappa shape index (κ3) is 1.68. The van der Waals surface area contributed by atoms with Crippen LogP contribution >= 0.6 is 12.6 Å². The lowest BCUT2D eigenvalue weighted by Crippen LogP contribution is -2.08. The molecule has 15 heavy (non-hydrogen) atoms. The topological polar surface area (TPSA) is 116 Å². The van der Waals surface area contributed by atoms with E-state index in [9.17, 15) is 0 Å². The molecular weight excluding hydrogens is 210 g/mol. The molecular formula is C9H15N5S. The first-order chi connectivity index (χ1) is 6.91. The maximum atomic E-state index is 5.87. The third-order valence-electron chi connectivity index (χ3n) is 2.25. The molecule has 1 unspecified atom stereocenters. The summed E-state index contributed by atoms with van der Waals surface area (Å²) in [6.07, 6.45) is 0. The van der Waals surface area contributed by atoms with Crippen LogP contribution in [0.5, 0.6) is 0 Å². The smallest absolute Gasteiger partial charge is 0.111 e. The van der Waals surface area contributed by atoms with E-state index in [1.165, 1.54) is 0 Å². The van der Waals surface area contributed by atoms with Crippen molar-refractivity contribution in [2.75, 3.05) is 22.9 Å². The molecule has 0 radical (unpaired) electrons. The first kappa shape index (κ1) is 11.5. The normalized spacial score (nSPS) is 12.4. The highest BCUT2D eigenvalue weighted by atomic mass is 32.1. The fourth-order valence-corrected chi connectivity index (χ4v) is 1.73. The SMILES string of the molecule is C=Nc1c(N)c(N)c(N)c(C(C)S)c1N. The average molecular weight is 225 g/mol. The van der Waals surface area contributed by atoms with Crippen molar-refractivity contribution >= 4 is 47.8 Å². The molecule has 0 aromatic heterocycles. The van der Waals surface area contributed by atoms with Crippen LogP contribution in [0.1, 0.15) is 17.7 Å². The van der Waals surface area contributed by atoms with Gasteiger partial charge >= 0.3 is 0 Å². The summed E-state index contributed by atoms with van der Waals surface area (Å²) in [5.41, 5.74) is 25.4. The zero-order valence-electron chi connectivity index (χ0n) is 8.49. The van der Waals surface area contributed by atoms with Gasteiger partial charge in [0.15, 0.2) is 0 Å². The quantitative estimate of drug-likeness (QED) is 0.296. The lowest BCUT2D eigenvalue weighted by molar-refractivity contribution is 1.12. The zero-order chi connectivity index (χ0) is 11.7. The van der Waals surface area contributed by atoms with Crippen LogP contribution in [0.15, 0.2) is 4.99 Å². The molecule has 0 saturated heterocycles. The van der Waals surface area contributed by atoms with Crippen molar-refractivity contribution in [3.05, 3.63) is 5.56 Å². The van der Waals surface area contributed by atoms with E-state index in [-0.39, 0.29) is 16.6 Å². The molecule has 0 amide bonds. The van der Waals surface area contributed by atoms with Gasteiger partial charge in [-0.2, -0.15) is 12.6 Å². The molecule has 5 nitrogen and oxygen atoms in total. The number of aliphatic imine (C=N–C) groups is 1. The fourth-order valence-electron chi connectivity index (χ4n) is 1.46. The second-order valence-corrected chi connectivity index (χ2v) is 4.03. The molecule has 6 heteroatoms. The number of nitrogens with two attached hydrogens (primary N) is 4. The van der Waals surface area contributed by atoms with Gasteiger partial charge in [-0.05, 0) is 13.6 Å². The Kier molecular flexibility index (Phi) is 2.99. The van der Waals surface area contributed by atoms with Gasteiger partial charge in [0.25, 0.3) is 0 Å². The predicted molar refractivity (Wildman–Crippen MR) is 70.7 cm³/mol. The van der Waals surface area contributed by atoms with Crippen LogP contribution in [0.3, 0.4) is 0 Å². The number of anilines is 4. The largest absolute Gasteiger partial charge is 0.397 e. The van der Waals surface area contributed by atoms with Crippen LogP contribution in [-0.2, 0) is 0 Å². The van der Waals surface area contributed by atoms with E-state index in [0.29, 0.717) is 22.6 Å². The van der Waals surface area contributed by atoms with Crippen LogP contribution in [0.2, 0.25) is 0 Å². The van der Waals surface area contributed by atoms with Crippen molar-refractivity contribution in [2.24, 2.45) is 4.99 Å². The van der Waals surface area contributed by atoms with Gasteiger partial charge in [0.1, 0.15) is 5.69 Å². The van der Waals surface area contributed by atoms with Crippen molar-refractivity contribution in [1.82, 2.24) is 0 Å². The Hall–Kier alpha value is -1.56. The number of rotatable bonds is 2. The number of hydrogen-bond donors (Lipinski definition) is 5. The van der Waals surface area contributed by atoms with Crippen LogP contribution in [0.25, 0.3) is 0 Å². The van der Waals surface area contributed by atoms with E-state index in [1.807, 2.05) is 6.92 Å². The van der Waals surface area contributed by atoms with Gasteiger partial charge in [-0.25, -0.2) is 0 Å². The van der Waals surface area contributed by atoms with Gasteiger partial charge in [-0.15, -0.1) is 0 Å². The van der Waals surface area contributed by atoms with E-state index in [1.54, 1.807) is 0 Å². The number of nitrogens with zero attached hydrogens (tertiary/aromatic N) is 1. The summed E-state index contributed by atoms with van der Waals surface area (Å²) in [6.45, 7) is 5.23. The predicted octanol–water partition coefficient (Wildman–Crippen LogP) is 1.34. The molecule has 0 heterocycles. The Morgan fingerprint density at radius 3 is 2.00 bits per heavy atom. The summed E-state index contributed by atoms with van der Waals surface area (Å²) in [6, 6.07) is 0. The lowest BCUT2D eigenvalue weighted by atomic mass is 10.0. The fraction of sp³-hybridized carbons (Fsp3) is 0.222. The minimum Gasteiger partial charge on any atom is -0.397 e. The molecule has 1 aromatic rings. The molecule has 0 saturated carbocycles. The van der Waals surface area contributed by atoms with Crippen molar-refractivity contribution in [1.29, 1.82) is 0 Å². The average Bonchev–Trinajstić information content (AvgIpc) is 2.15. The zero-order valence-corrected chi connectivity index (χ0v) is 9.38. The second kappa shape index (κ2) is 3.90. The molecule has 1 aromatic carbocycles. The van der Waals surface area contributed by atoms with Crippen LogP contribution in [-0.4, -0.2) is 6.72 Å². The van der Waals surface area contributed by atoms with Gasteiger partial charge in [-0.3, -0.25) is 4.99 Å². The van der Waals surface area contributed by atoms with Crippen LogP contribution in [0.4, 0.5) is 28.4 Å². The highest BCUT2D eigenvalue weighted by Gasteiger charge is 2.19. The Bertz CT molecular complexity index is 414. The first-order valence-electron chi connectivity index (χ1n) is 4.32. The molecule has 1 rings (SSSR count). The van der Waals surface area contributed by atoms with Gasteiger partial charge in [0.05, 0.1) is 22.7 Å². The molecule has 0 fully saturated rings. The summed E-state index contributed by atoms with van der Waals surface area (Å²) in [5.74, 6) is 0. The standard InChI is InChI=1S/C9H15N5S/c1-3(15)4-5(10)7(12)8(13)9(14-2)6(4)11/h3,15H,2,10-13H2,1H3. The molecule has 8 N–H and O–H groups in total. The summed E-state index contributed by atoms with van der Waals surface area (Å²) < 4.78 is 0. The molecule has 0 aliphatic heterocycles. The van der Waals surface area contributed by atoms with Crippen molar-refractivity contribution in [3.63, 3.8) is 0 Å². The Morgan fingerprint density at radius 2 is 1.60 bits per heavy atom. The van der Waals surface area contributed by atoms with E-state index in [4.69, 9.17) is 22.9 Å². The summed E-state index contributed by atoms with van der Waals surface area (Å²) in [4.78, 5) is 3.75. The second-order valence-electron chi connectivity index (χ2n) is 3.25. The van der Waals surface area contributed by atoms with Gasteiger partial charge < -0.3 is 22.9 Å². The lowest BCUT2D eigenvalue weighted by Gasteiger charge is -2.18. The van der Waals surface area contributed by atoms with E-state index in [0.717, 1.165) is 0 Å². The minimum atomic E-state index is -0.145. The molecule has 1 atom stereocenters.